The van der Waals surface area contributed by atoms with E-state index in [1.165, 1.54) is 0 Å². The monoisotopic (exact) mass is 334 g/mol. The second-order valence-corrected chi connectivity index (χ2v) is 12.5. The Labute approximate surface area is 139 Å². The molecule has 0 fully saturated rings. The number of alkyl halides is 1. The molecule has 0 aliphatic carbocycles. The number of fused-ring (bicyclic) bond motifs is 1. The summed E-state index contributed by atoms with van der Waals surface area (Å²) < 4.78 is 21.4. The van der Waals surface area contributed by atoms with E-state index in [0.717, 1.165) is 10.8 Å². The predicted molar refractivity (Wildman–Crippen MR) is 97.0 cm³/mol. The molecule has 0 heterocycles. The second kappa shape index (κ2) is 6.34. The maximum absolute atomic E-state index is 15.3. The summed E-state index contributed by atoms with van der Waals surface area (Å²) in [6, 6.07) is 13.3. The summed E-state index contributed by atoms with van der Waals surface area (Å²) in [5.74, 6) is 0. The van der Waals surface area contributed by atoms with E-state index in [2.05, 4.69) is 33.9 Å². The van der Waals surface area contributed by atoms with Crippen molar-refractivity contribution in [3.63, 3.8) is 0 Å². The van der Waals surface area contributed by atoms with E-state index in [0.29, 0.717) is 5.56 Å². The van der Waals surface area contributed by atoms with Crippen LogP contribution in [0.3, 0.4) is 0 Å². The third kappa shape index (κ3) is 3.82. The molecule has 4 heteroatoms. The van der Waals surface area contributed by atoms with E-state index in [-0.39, 0.29) is 11.6 Å². The van der Waals surface area contributed by atoms with Crippen molar-refractivity contribution >= 4 is 19.1 Å². The van der Waals surface area contributed by atoms with Gasteiger partial charge in [-0.1, -0.05) is 57.2 Å². The van der Waals surface area contributed by atoms with Gasteiger partial charge < -0.3 is 9.53 Å². The van der Waals surface area contributed by atoms with Crippen molar-refractivity contribution in [1.82, 2.24) is 0 Å². The molecular formula is C19H27FO2Si. The molecule has 23 heavy (non-hydrogen) atoms. The van der Waals surface area contributed by atoms with Gasteiger partial charge in [-0.15, -0.1) is 0 Å². The number of benzene rings is 2. The lowest BCUT2D eigenvalue weighted by Crippen LogP contribution is -2.45. The van der Waals surface area contributed by atoms with Gasteiger partial charge in [0.15, 0.2) is 14.0 Å². The molecule has 1 N–H and O–H groups in total. The Bertz CT molecular complexity index is 678. The molecule has 0 spiro atoms. The summed E-state index contributed by atoms with van der Waals surface area (Å²) in [5, 5.41) is 11.7. The summed E-state index contributed by atoms with van der Waals surface area (Å²) in [7, 11) is -2.07. The van der Waals surface area contributed by atoms with E-state index in [1.807, 2.05) is 30.3 Å². The van der Waals surface area contributed by atoms with Crippen molar-refractivity contribution in [2.75, 3.05) is 13.2 Å². The fourth-order valence-corrected chi connectivity index (χ4v) is 3.22. The molecule has 2 nitrogen and oxygen atoms in total. The maximum atomic E-state index is 15.3. The van der Waals surface area contributed by atoms with E-state index in [1.54, 1.807) is 12.1 Å². The van der Waals surface area contributed by atoms with Crippen LogP contribution in [0.1, 0.15) is 26.3 Å². The standard InChI is InChI=1S/C19H27FO2Si/c1-18(2,3)23(4,5)22-14-19(20,13-21)17-11-10-15-8-6-7-9-16(15)12-17/h6-12,21H,13-14H2,1-5H3. The predicted octanol–water partition coefficient (Wildman–Crippen LogP) is 5.02. The number of aliphatic hydroxyl groups excluding tert-OH is 1. The highest BCUT2D eigenvalue weighted by molar-refractivity contribution is 6.74. The summed E-state index contributed by atoms with van der Waals surface area (Å²) in [5.41, 5.74) is -1.41. The summed E-state index contributed by atoms with van der Waals surface area (Å²) >= 11 is 0. The number of hydrogen-bond acceptors (Lipinski definition) is 2. The van der Waals surface area contributed by atoms with Crippen molar-refractivity contribution in [1.29, 1.82) is 0 Å². The fourth-order valence-electron chi connectivity index (χ4n) is 2.20. The van der Waals surface area contributed by atoms with E-state index in [4.69, 9.17) is 4.43 Å². The zero-order chi connectivity index (χ0) is 17.3. The Morgan fingerprint density at radius 1 is 1.04 bits per heavy atom. The average molecular weight is 335 g/mol. The van der Waals surface area contributed by atoms with Gasteiger partial charge in [-0.25, -0.2) is 4.39 Å². The quantitative estimate of drug-likeness (QED) is 0.778. The van der Waals surface area contributed by atoms with Crippen LogP contribution in [0.25, 0.3) is 10.8 Å². The van der Waals surface area contributed by atoms with Gasteiger partial charge in [0.05, 0.1) is 13.2 Å². The zero-order valence-electron chi connectivity index (χ0n) is 14.7. The first-order valence-corrected chi connectivity index (χ1v) is 10.9. The Balaban J connectivity index is 2.28. The first-order chi connectivity index (χ1) is 10.6. The smallest absolute Gasteiger partial charge is 0.192 e. The molecule has 2 rings (SSSR count). The maximum Gasteiger partial charge on any atom is 0.192 e. The number of hydrogen-bond donors (Lipinski definition) is 1. The van der Waals surface area contributed by atoms with Crippen LogP contribution in [0, 0.1) is 0 Å². The molecule has 0 amide bonds. The van der Waals surface area contributed by atoms with Crippen LogP contribution >= 0.6 is 0 Å². The van der Waals surface area contributed by atoms with E-state index >= 15 is 4.39 Å². The highest BCUT2D eigenvalue weighted by atomic mass is 28.4. The summed E-state index contributed by atoms with van der Waals surface area (Å²) in [6.07, 6.45) is 0. The van der Waals surface area contributed by atoms with Gasteiger partial charge in [-0.05, 0) is 40.5 Å². The highest BCUT2D eigenvalue weighted by Gasteiger charge is 2.41. The third-order valence-corrected chi connectivity index (χ3v) is 9.46. The van der Waals surface area contributed by atoms with Crippen molar-refractivity contribution in [3.05, 3.63) is 48.0 Å². The molecule has 2 aromatic rings. The molecule has 0 saturated carbocycles. The molecule has 1 atom stereocenters. The third-order valence-electron chi connectivity index (χ3n) is 4.99. The van der Waals surface area contributed by atoms with Crippen LogP contribution in [0.5, 0.6) is 0 Å². The highest BCUT2D eigenvalue weighted by Crippen LogP contribution is 2.38. The molecule has 0 saturated heterocycles. The molecule has 2 aromatic carbocycles. The normalized spacial score (nSPS) is 15.6. The molecular weight excluding hydrogens is 307 g/mol. The Hall–Kier alpha value is -1.23. The van der Waals surface area contributed by atoms with Gasteiger partial charge in [0.1, 0.15) is 0 Å². The molecule has 1 unspecified atom stereocenters. The first-order valence-electron chi connectivity index (χ1n) is 8.02. The lowest BCUT2D eigenvalue weighted by molar-refractivity contribution is 0.0175. The minimum Gasteiger partial charge on any atom is -0.413 e. The lowest BCUT2D eigenvalue weighted by Gasteiger charge is -2.38. The lowest BCUT2D eigenvalue weighted by atomic mass is 9.95. The van der Waals surface area contributed by atoms with Gasteiger partial charge in [0.2, 0.25) is 0 Å². The van der Waals surface area contributed by atoms with Gasteiger partial charge in [0.25, 0.3) is 0 Å². The topological polar surface area (TPSA) is 29.5 Å². The van der Waals surface area contributed by atoms with Crippen LogP contribution in [0.15, 0.2) is 42.5 Å². The SMILES string of the molecule is CC(C)(C)[Si](C)(C)OCC(F)(CO)c1ccc2ccccc2c1. The first kappa shape index (κ1) is 18.1. The van der Waals surface area contributed by atoms with Crippen LogP contribution in [-0.2, 0) is 10.1 Å². The van der Waals surface area contributed by atoms with Crippen LogP contribution in [-0.4, -0.2) is 26.6 Å². The molecule has 126 valence electrons. The Morgan fingerprint density at radius 2 is 1.65 bits per heavy atom. The second-order valence-electron chi connectivity index (χ2n) is 7.73. The minimum absolute atomic E-state index is 0.00670. The zero-order valence-corrected chi connectivity index (χ0v) is 15.7. The Kier molecular flexibility index (Phi) is 4.99. The van der Waals surface area contributed by atoms with Crippen LogP contribution < -0.4 is 0 Å². The summed E-state index contributed by atoms with van der Waals surface area (Å²) in [4.78, 5) is 0. The molecule has 0 aromatic heterocycles. The number of aliphatic hydroxyl groups is 1. The van der Waals surface area contributed by atoms with E-state index < -0.39 is 20.6 Å². The summed E-state index contributed by atoms with van der Waals surface area (Å²) in [6.45, 7) is 9.84. The van der Waals surface area contributed by atoms with Gasteiger partial charge in [-0.3, -0.25) is 0 Å². The van der Waals surface area contributed by atoms with Gasteiger partial charge in [0, 0.05) is 0 Å². The molecule has 0 aliphatic heterocycles. The van der Waals surface area contributed by atoms with Gasteiger partial charge >= 0.3 is 0 Å². The largest absolute Gasteiger partial charge is 0.413 e. The number of rotatable bonds is 5. The number of halogens is 1. The van der Waals surface area contributed by atoms with Crippen molar-refractivity contribution < 1.29 is 13.9 Å². The average Bonchev–Trinajstić information content (AvgIpc) is 2.51. The fraction of sp³-hybridized carbons (Fsp3) is 0.474. The van der Waals surface area contributed by atoms with Crippen LogP contribution in [0.4, 0.5) is 4.39 Å². The van der Waals surface area contributed by atoms with Crippen molar-refractivity contribution in [2.45, 2.75) is 44.6 Å². The van der Waals surface area contributed by atoms with E-state index in [9.17, 15) is 5.11 Å². The van der Waals surface area contributed by atoms with Crippen molar-refractivity contribution in [3.8, 4) is 0 Å². The Morgan fingerprint density at radius 3 is 2.22 bits per heavy atom. The minimum atomic E-state index is -2.07. The molecule has 0 radical (unpaired) electrons. The van der Waals surface area contributed by atoms with Crippen molar-refractivity contribution in [2.24, 2.45) is 0 Å². The van der Waals surface area contributed by atoms with Gasteiger partial charge in [-0.2, -0.15) is 0 Å². The van der Waals surface area contributed by atoms with Crippen LogP contribution in [0.2, 0.25) is 18.1 Å². The molecule has 0 bridgehead atoms. The molecule has 0 aliphatic rings.